The van der Waals surface area contributed by atoms with E-state index < -0.39 is 5.82 Å². The first kappa shape index (κ1) is 16.8. The predicted molar refractivity (Wildman–Crippen MR) is 80.6 cm³/mol. The molecule has 0 aliphatic carbocycles. The number of halogens is 2. The van der Waals surface area contributed by atoms with Gasteiger partial charge in [0.05, 0.1) is 16.6 Å². The lowest BCUT2D eigenvalue weighted by atomic mass is 10.2. The van der Waals surface area contributed by atoms with Crippen LogP contribution in [0.1, 0.15) is 16.8 Å². The minimum Gasteiger partial charge on any atom is -0.393 e. The van der Waals surface area contributed by atoms with E-state index in [2.05, 4.69) is 0 Å². The van der Waals surface area contributed by atoms with Gasteiger partial charge in [-0.05, 0) is 18.2 Å². The van der Waals surface area contributed by atoms with Crippen molar-refractivity contribution in [3.05, 3.63) is 34.6 Å². The third-order valence-electron chi connectivity index (χ3n) is 2.65. The van der Waals surface area contributed by atoms with Crippen LogP contribution in [0.4, 0.5) is 4.39 Å². The third kappa shape index (κ3) is 5.03. The van der Waals surface area contributed by atoms with Gasteiger partial charge in [0, 0.05) is 32.2 Å². The number of methoxy groups -OCH3 is 1. The highest BCUT2D eigenvalue weighted by Gasteiger charge is 2.17. The van der Waals surface area contributed by atoms with Crippen molar-refractivity contribution in [2.24, 2.45) is 5.73 Å². The zero-order chi connectivity index (χ0) is 15.1. The average Bonchev–Trinajstić information content (AvgIpc) is 2.41. The Labute approximate surface area is 127 Å². The number of hydrogen-bond acceptors (Lipinski definition) is 3. The molecule has 0 spiro atoms. The van der Waals surface area contributed by atoms with E-state index in [9.17, 15) is 9.18 Å². The summed E-state index contributed by atoms with van der Waals surface area (Å²) < 4.78 is 18.1. The molecule has 0 radical (unpaired) electrons. The molecule has 110 valence electrons. The first-order chi connectivity index (χ1) is 9.45. The Kier molecular flexibility index (Phi) is 6.84. The fourth-order valence-corrected chi connectivity index (χ4v) is 1.85. The minimum absolute atomic E-state index is 0.0862. The second kappa shape index (κ2) is 8.14. The van der Waals surface area contributed by atoms with E-state index in [0.29, 0.717) is 36.7 Å². The zero-order valence-electron chi connectivity index (χ0n) is 11.1. The Morgan fingerprint density at radius 1 is 1.50 bits per heavy atom. The Hall–Kier alpha value is -1.24. The van der Waals surface area contributed by atoms with Crippen molar-refractivity contribution in [1.82, 2.24) is 4.90 Å². The van der Waals surface area contributed by atoms with Gasteiger partial charge in [-0.3, -0.25) is 4.79 Å². The van der Waals surface area contributed by atoms with Crippen LogP contribution in [-0.2, 0) is 4.74 Å². The maximum atomic E-state index is 13.1. The van der Waals surface area contributed by atoms with Crippen molar-refractivity contribution in [3.63, 3.8) is 0 Å². The maximum absolute atomic E-state index is 13.1. The number of benzene rings is 1. The van der Waals surface area contributed by atoms with Gasteiger partial charge in [-0.2, -0.15) is 0 Å². The first-order valence-corrected chi connectivity index (χ1v) is 6.76. The summed E-state index contributed by atoms with van der Waals surface area (Å²) in [6, 6.07) is 3.86. The molecule has 1 aromatic carbocycles. The normalized spacial score (nSPS) is 10.3. The third-order valence-corrected chi connectivity index (χ3v) is 3.14. The number of nitrogens with two attached hydrogens (primary N) is 1. The van der Waals surface area contributed by atoms with Crippen molar-refractivity contribution in [2.45, 2.75) is 6.42 Å². The van der Waals surface area contributed by atoms with E-state index in [4.69, 9.17) is 34.3 Å². The first-order valence-electron chi connectivity index (χ1n) is 5.97. The van der Waals surface area contributed by atoms with Gasteiger partial charge in [-0.1, -0.05) is 23.8 Å². The van der Waals surface area contributed by atoms with E-state index in [1.165, 1.54) is 12.1 Å². The van der Waals surface area contributed by atoms with Crippen LogP contribution in [0.3, 0.4) is 0 Å². The zero-order valence-corrected chi connectivity index (χ0v) is 12.6. The number of nitrogens with zero attached hydrogens (tertiary/aromatic N) is 1. The number of thiocarbonyl (C=S) groups is 1. The van der Waals surface area contributed by atoms with Crippen molar-refractivity contribution in [1.29, 1.82) is 0 Å². The molecule has 1 rings (SSSR count). The van der Waals surface area contributed by atoms with Crippen LogP contribution in [-0.4, -0.2) is 42.6 Å². The molecular formula is C13H16ClFN2O2S. The van der Waals surface area contributed by atoms with Gasteiger partial charge in [0.15, 0.2) is 0 Å². The number of hydrogen-bond donors (Lipinski definition) is 1. The molecule has 0 aliphatic heterocycles. The molecule has 20 heavy (non-hydrogen) atoms. The highest BCUT2D eigenvalue weighted by atomic mass is 35.5. The van der Waals surface area contributed by atoms with Gasteiger partial charge in [0.2, 0.25) is 0 Å². The number of carbonyl (C=O) groups is 1. The van der Waals surface area contributed by atoms with Crippen LogP contribution < -0.4 is 5.73 Å². The minimum atomic E-state index is -0.560. The molecule has 1 amide bonds. The number of carbonyl (C=O) groups excluding carboxylic acids is 1. The van der Waals surface area contributed by atoms with Gasteiger partial charge >= 0.3 is 0 Å². The highest BCUT2D eigenvalue weighted by Crippen LogP contribution is 2.17. The summed E-state index contributed by atoms with van der Waals surface area (Å²) in [4.78, 5) is 14.2. The molecule has 0 aliphatic rings. The summed E-state index contributed by atoms with van der Waals surface area (Å²) in [6.45, 7) is 1.16. The molecule has 2 N–H and O–H groups in total. The molecule has 0 fully saturated rings. The molecule has 4 nitrogen and oxygen atoms in total. The van der Waals surface area contributed by atoms with E-state index in [1.807, 2.05) is 0 Å². The van der Waals surface area contributed by atoms with Crippen LogP contribution in [0, 0.1) is 5.82 Å². The molecule has 0 atom stereocenters. The van der Waals surface area contributed by atoms with Gasteiger partial charge in [0.1, 0.15) is 5.82 Å². The number of amides is 1. The molecule has 0 saturated carbocycles. The summed E-state index contributed by atoms with van der Waals surface area (Å²) >= 11 is 10.5. The second-order valence-corrected chi connectivity index (χ2v) is 5.06. The molecule has 0 bridgehead atoms. The van der Waals surface area contributed by atoms with E-state index in [0.717, 1.165) is 6.07 Å². The predicted octanol–water partition coefficient (Wildman–Crippen LogP) is 2.24. The Balaban J connectivity index is 2.84. The van der Waals surface area contributed by atoms with Gasteiger partial charge in [-0.25, -0.2) is 4.39 Å². The topological polar surface area (TPSA) is 55.6 Å². The van der Waals surface area contributed by atoms with E-state index >= 15 is 0 Å². The SMILES string of the molecule is COCCN(CCC(N)=S)C(=O)c1ccc(F)c(Cl)c1. The largest absolute Gasteiger partial charge is 0.393 e. The number of ether oxygens (including phenoxy) is 1. The van der Waals surface area contributed by atoms with Crippen molar-refractivity contribution in [2.75, 3.05) is 26.8 Å². The maximum Gasteiger partial charge on any atom is 0.253 e. The fourth-order valence-electron chi connectivity index (χ4n) is 1.57. The summed E-state index contributed by atoms with van der Waals surface area (Å²) in [6.07, 6.45) is 0.416. The van der Waals surface area contributed by atoms with Crippen LogP contribution in [0.25, 0.3) is 0 Å². The van der Waals surface area contributed by atoms with Crippen molar-refractivity contribution >= 4 is 34.7 Å². The molecule has 7 heteroatoms. The monoisotopic (exact) mass is 318 g/mol. The van der Waals surface area contributed by atoms with Crippen molar-refractivity contribution in [3.8, 4) is 0 Å². The highest BCUT2D eigenvalue weighted by molar-refractivity contribution is 7.80. The lowest BCUT2D eigenvalue weighted by Gasteiger charge is -2.22. The van der Waals surface area contributed by atoms with Crippen LogP contribution in [0.5, 0.6) is 0 Å². The molecular weight excluding hydrogens is 303 g/mol. The van der Waals surface area contributed by atoms with Gasteiger partial charge < -0.3 is 15.4 Å². The summed E-state index contributed by atoms with van der Waals surface area (Å²) in [5.41, 5.74) is 5.76. The average molecular weight is 319 g/mol. The molecule has 0 unspecified atom stereocenters. The van der Waals surface area contributed by atoms with E-state index in [1.54, 1.807) is 12.0 Å². The van der Waals surface area contributed by atoms with Crippen molar-refractivity contribution < 1.29 is 13.9 Å². The Morgan fingerprint density at radius 2 is 2.20 bits per heavy atom. The van der Waals surface area contributed by atoms with Gasteiger partial charge in [-0.15, -0.1) is 0 Å². The Bertz CT molecular complexity index is 499. The number of rotatable bonds is 7. The van der Waals surface area contributed by atoms with Crippen LogP contribution in [0.2, 0.25) is 5.02 Å². The molecule has 1 aromatic rings. The van der Waals surface area contributed by atoms with Crippen LogP contribution in [0.15, 0.2) is 18.2 Å². The standard InChI is InChI=1S/C13H16ClFN2O2S/c1-19-7-6-17(5-4-12(16)20)13(18)9-2-3-11(15)10(14)8-9/h2-3,8H,4-7H2,1H3,(H2,16,20). The Morgan fingerprint density at radius 3 is 2.75 bits per heavy atom. The van der Waals surface area contributed by atoms with E-state index in [-0.39, 0.29) is 10.9 Å². The van der Waals surface area contributed by atoms with Crippen LogP contribution >= 0.6 is 23.8 Å². The lowest BCUT2D eigenvalue weighted by Crippen LogP contribution is -2.36. The lowest BCUT2D eigenvalue weighted by molar-refractivity contribution is 0.0701. The quantitative estimate of drug-likeness (QED) is 0.783. The molecule has 0 aromatic heterocycles. The summed E-state index contributed by atoms with van der Waals surface area (Å²) in [5, 5.41) is -0.0862. The van der Waals surface area contributed by atoms with Gasteiger partial charge in [0.25, 0.3) is 5.91 Å². The second-order valence-electron chi connectivity index (χ2n) is 4.13. The molecule has 0 heterocycles. The summed E-state index contributed by atoms with van der Waals surface area (Å²) in [5.74, 6) is -0.824. The smallest absolute Gasteiger partial charge is 0.253 e. The summed E-state index contributed by atoms with van der Waals surface area (Å²) in [7, 11) is 1.55. The fraction of sp³-hybridized carbons (Fsp3) is 0.385. The molecule has 0 saturated heterocycles.